The number of aliphatic imine (C=N–C) groups is 2. The number of carbonyl (C=O) groups is 6. The van der Waals surface area contributed by atoms with Gasteiger partial charge in [0.25, 0.3) is 5.91 Å². The molecule has 1 unspecified atom stereocenters. The molecule has 0 aromatic heterocycles. The first-order valence-corrected chi connectivity index (χ1v) is 21.3. The van der Waals surface area contributed by atoms with Crippen LogP contribution in [0.25, 0.3) is 0 Å². The maximum Gasteiger partial charge on any atom is 0.414 e. The molecule has 2 aromatic rings. The van der Waals surface area contributed by atoms with Crippen molar-refractivity contribution in [3.05, 3.63) is 113 Å². The highest BCUT2D eigenvalue weighted by molar-refractivity contribution is 6.43. The van der Waals surface area contributed by atoms with E-state index in [4.69, 9.17) is 28.7 Å². The molecule has 2 N–H and O–H groups in total. The van der Waals surface area contributed by atoms with Crippen LogP contribution in [0.1, 0.15) is 103 Å². The first-order chi connectivity index (χ1) is 30.3. The van der Waals surface area contributed by atoms with E-state index in [-0.39, 0.29) is 60.8 Å². The van der Waals surface area contributed by atoms with Crippen LogP contribution in [0.4, 0.5) is 15.3 Å². The van der Waals surface area contributed by atoms with Gasteiger partial charge in [-0.1, -0.05) is 69.2 Å². The molecule has 342 valence electrons. The Bertz CT molecular complexity index is 2170. The SMILES string of the molecule is CCCCOC(=O)Cc1cccc(CN(CC(=O)OCCCC)C(=O)C2=NC3C=CC=C(OC(=O)c4ccc(N=C(NC(=O)OC(C)(C)C)NC(=O)OC(C)(C)C)cc4)C=C3C=C2)c1. The van der Waals surface area contributed by atoms with Crippen molar-refractivity contribution in [3.8, 4) is 0 Å². The molecule has 0 saturated heterocycles. The highest BCUT2D eigenvalue weighted by Crippen LogP contribution is 2.24. The van der Waals surface area contributed by atoms with Crippen LogP contribution in [0.5, 0.6) is 0 Å². The molecule has 64 heavy (non-hydrogen) atoms. The third-order valence-corrected chi connectivity index (χ3v) is 8.77. The van der Waals surface area contributed by atoms with Crippen molar-refractivity contribution in [2.75, 3.05) is 19.8 Å². The van der Waals surface area contributed by atoms with Gasteiger partial charge in [0.15, 0.2) is 0 Å². The molecule has 1 heterocycles. The zero-order valence-electron chi connectivity index (χ0n) is 37.9. The van der Waals surface area contributed by atoms with Gasteiger partial charge in [-0.2, -0.15) is 0 Å². The minimum absolute atomic E-state index is 0.0542. The number of unbranched alkanes of at least 4 members (excludes halogenated alkanes) is 2. The number of nitrogens with zero attached hydrogens (tertiary/aromatic N) is 3. The summed E-state index contributed by atoms with van der Waals surface area (Å²) in [6, 6.07) is 12.5. The van der Waals surface area contributed by atoms with Crippen molar-refractivity contribution >= 4 is 53.4 Å². The maximum atomic E-state index is 14.1. The van der Waals surface area contributed by atoms with Crippen LogP contribution in [-0.2, 0) is 51.0 Å². The number of dihydropyridines is 1. The lowest BCUT2D eigenvalue weighted by Gasteiger charge is -2.24. The Balaban J connectivity index is 1.46. The highest BCUT2D eigenvalue weighted by Gasteiger charge is 2.27. The maximum absolute atomic E-state index is 14.1. The van der Waals surface area contributed by atoms with Crippen LogP contribution in [0.2, 0.25) is 0 Å². The zero-order chi connectivity index (χ0) is 46.9. The Labute approximate surface area is 374 Å². The monoisotopic (exact) mass is 881 g/mol. The second-order valence-electron chi connectivity index (χ2n) is 16.8. The summed E-state index contributed by atoms with van der Waals surface area (Å²) in [5, 5.41) is 4.82. The number of carbonyl (C=O) groups excluding carboxylic acids is 6. The third-order valence-electron chi connectivity index (χ3n) is 8.77. The average Bonchev–Trinajstić information content (AvgIpc) is 3.40. The first-order valence-electron chi connectivity index (χ1n) is 21.3. The van der Waals surface area contributed by atoms with Gasteiger partial charge in [-0.3, -0.25) is 30.0 Å². The fourth-order valence-corrected chi connectivity index (χ4v) is 5.84. The van der Waals surface area contributed by atoms with E-state index in [1.165, 1.54) is 29.2 Å². The normalized spacial score (nSPS) is 14.2. The summed E-state index contributed by atoms with van der Waals surface area (Å²) in [4.78, 5) is 88.0. The summed E-state index contributed by atoms with van der Waals surface area (Å²) in [6.45, 7) is 14.4. The van der Waals surface area contributed by atoms with Gasteiger partial charge in [-0.25, -0.2) is 19.4 Å². The number of fused-ring (bicyclic) bond motifs is 1. The molecule has 1 aliphatic carbocycles. The van der Waals surface area contributed by atoms with E-state index < -0.39 is 47.3 Å². The Kier molecular flexibility index (Phi) is 18.3. The predicted molar refractivity (Wildman–Crippen MR) is 241 cm³/mol. The van der Waals surface area contributed by atoms with E-state index in [1.54, 1.807) is 90.1 Å². The lowest BCUT2D eigenvalue weighted by Crippen LogP contribution is -2.47. The van der Waals surface area contributed by atoms with Crippen LogP contribution in [0, 0.1) is 0 Å². The van der Waals surface area contributed by atoms with Crippen molar-refractivity contribution in [1.82, 2.24) is 15.5 Å². The molecule has 16 heteroatoms. The van der Waals surface area contributed by atoms with E-state index in [0.717, 1.165) is 19.3 Å². The van der Waals surface area contributed by atoms with E-state index in [1.807, 2.05) is 26.0 Å². The number of esters is 3. The van der Waals surface area contributed by atoms with Gasteiger partial charge in [0.05, 0.1) is 36.9 Å². The summed E-state index contributed by atoms with van der Waals surface area (Å²) in [5.74, 6) is -2.12. The zero-order valence-corrected chi connectivity index (χ0v) is 37.9. The molecule has 0 bridgehead atoms. The van der Waals surface area contributed by atoms with Gasteiger partial charge in [0, 0.05) is 6.54 Å². The number of allylic oxidation sites excluding steroid dienone is 3. The Morgan fingerprint density at radius 1 is 0.781 bits per heavy atom. The highest BCUT2D eigenvalue weighted by atomic mass is 16.6. The van der Waals surface area contributed by atoms with Crippen LogP contribution >= 0.6 is 0 Å². The number of benzene rings is 2. The van der Waals surface area contributed by atoms with Gasteiger partial charge >= 0.3 is 30.1 Å². The van der Waals surface area contributed by atoms with Gasteiger partial charge in [-0.15, -0.1) is 0 Å². The number of amides is 3. The van der Waals surface area contributed by atoms with Crippen LogP contribution in [0.3, 0.4) is 0 Å². The van der Waals surface area contributed by atoms with Crippen LogP contribution < -0.4 is 10.6 Å². The lowest BCUT2D eigenvalue weighted by molar-refractivity contribution is -0.148. The summed E-state index contributed by atoms with van der Waals surface area (Å²) in [7, 11) is 0. The van der Waals surface area contributed by atoms with Gasteiger partial charge in [-0.05, 0) is 114 Å². The number of rotatable bonds is 16. The Hall–Kier alpha value is -6.84. The summed E-state index contributed by atoms with van der Waals surface area (Å²) >= 11 is 0. The second-order valence-corrected chi connectivity index (χ2v) is 16.8. The fourth-order valence-electron chi connectivity index (χ4n) is 5.84. The minimum atomic E-state index is -0.857. The van der Waals surface area contributed by atoms with Crippen LogP contribution in [0.15, 0.2) is 106 Å². The molecule has 1 atom stereocenters. The average molecular weight is 882 g/mol. The summed E-state index contributed by atoms with van der Waals surface area (Å²) < 4.78 is 27.0. The number of hydrogen-bond acceptors (Lipinski definition) is 13. The third kappa shape index (κ3) is 17.5. The smallest absolute Gasteiger partial charge is 0.414 e. The van der Waals surface area contributed by atoms with Gasteiger partial charge in [0.2, 0.25) is 5.96 Å². The van der Waals surface area contributed by atoms with E-state index in [2.05, 4.69) is 15.6 Å². The van der Waals surface area contributed by atoms with Crippen LogP contribution in [-0.4, -0.2) is 89.6 Å². The summed E-state index contributed by atoms with van der Waals surface area (Å²) in [5.41, 5.74) is 0.991. The molecule has 0 radical (unpaired) electrons. The number of ether oxygens (including phenoxy) is 5. The molecule has 1 aliphatic heterocycles. The quantitative estimate of drug-likeness (QED) is 0.0546. The predicted octanol–water partition coefficient (Wildman–Crippen LogP) is 7.90. The van der Waals surface area contributed by atoms with Crippen molar-refractivity contribution < 1.29 is 52.5 Å². The summed E-state index contributed by atoms with van der Waals surface area (Å²) in [6.07, 6.45) is 11.5. The van der Waals surface area contributed by atoms with Crippen molar-refractivity contribution in [2.45, 2.75) is 111 Å². The van der Waals surface area contributed by atoms with E-state index >= 15 is 0 Å². The van der Waals surface area contributed by atoms with Gasteiger partial charge in [0.1, 0.15) is 29.2 Å². The van der Waals surface area contributed by atoms with Crippen molar-refractivity contribution in [1.29, 1.82) is 0 Å². The number of alkyl carbamates (subject to hydrolysis) is 2. The molecular formula is C48H59N5O11. The number of nitrogens with one attached hydrogen (secondary N) is 2. The second kappa shape index (κ2) is 23.6. The van der Waals surface area contributed by atoms with E-state index in [0.29, 0.717) is 29.7 Å². The molecule has 0 spiro atoms. The molecule has 16 nitrogen and oxygen atoms in total. The Morgan fingerprint density at radius 2 is 1.39 bits per heavy atom. The molecule has 0 fully saturated rings. The fraction of sp³-hybridized carbons (Fsp3) is 0.417. The molecule has 2 aliphatic rings. The lowest BCUT2D eigenvalue weighted by atomic mass is 10.0. The number of hydrogen-bond donors (Lipinski definition) is 2. The van der Waals surface area contributed by atoms with Gasteiger partial charge < -0.3 is 28.6 Å². The topological polar surface area (TPSA) is 201 Å². The van der Waals surface area contributed by atoms with E-state index in [9.17, 15) is 28.8 Å². The Morgan fingerprint density at radius 3 is 2.00 bits per heavy atom. The largest absolute Gasteiger partial charge is 0.465 e. The van der Waals surface area contributed by atoms with Crippen molar-refractivity contribution in [2.24, 2.45) is 9.98 Å². The molecule has 0 saturated carbocycles. The standard InChI is InChI=1S/C48H59N5O11/c1-9-11-25-60-40(54)28-32-15-13-16-33(27-32)30-53(31-41(55)61-26-12-10-2)42(56)39-24-21-35-29-37(17-14-18-38(35)50-39)62-43(57)34-19-22-36(23-20-34)49-44(51-45(58)63-47(3,4)5)52-46(59)64-48(6,7)8/h13-24,27,29,38H,9-12,25-26,28,30-31H2,1-8H3,(H2,49,51,52,58,59). The van der Waals surface area contributed by atoms with Crippen molar-refractivity contribution in [3.63, 3.8) is 0 Å². The molecule has 2 aromatic carbocycles. The molecule has 3 amide bonds. The number of guanidine groups is 1. The molecule has 4 rings (SSSR count). The first kappa shape index (κ1) is 49.8. The minimum Gasteiger partial charge on any atom is -0.465 e. The molecular weight excluding hydrogens is 823 g/mol.